The molecule has 104 valence electrons. The van der Waals surface area contributed by atoms with Gasteiger partial charge >= 0.3 is 0 Å². The lowest BCUT2D eigenvalue weighted by Crippen LogP contribution is -2.25. The lowest BCUT2D eigenvalue weighted by Gasteiger charge is -2.14. The summed E-state index contributed by atoms with van der Waals surface area (Å²) >= 11 is 2.88. The quantitative estimate of drug-likeness (QED) is 0.890. The second-order valence-electron chi connectivity index (χ2n) is 4.09. The van der Waals surface area contributed by atoms with Crippen molar-refractivity contribution in [2.45, 2.75) is 17.3 Å². The summed E-state index contributed by atoms with van der Waals surface area (Å²) in [4.78, 5) is 2.06. The highest BCUT2D eigenvalue weighted by Gasteiger charge is 2.23. The van der Waals surface area contributed by atoms with E-state index in [0.29, 0.717) is 17.3 Å². The topological polar surface area (TPSA) is 49.4 Å². The fourth-order valence-electron chi connectivity index (χ4n) is 1.63. The number of sulfonamides is 1. The van der Waals surface area contributed by atoms with Gasteiger partial charge in [-0.25, -0.2) is 8.42 Å². The Morgan fingerprint density at radius 1 is 1.26 bits per heavy atom. The predicted octanol–water partition coefficient (Wildman–Crippen LogP) is 2.35. The zero-order chi connectivity index (χ0) is 13.9. The van der Waals surface area contributed by atoms with Crippen LogP contribution in [0.4, 0.5) is 0 Å². The van der Waals surface area contributed by atoms with Crippen LogP contribution in [0, 0.1) is 0 Å². The van der Waals surface area contributed by atoms with Crippen molar-refractivity contribution in [3.63, 3.8) is 0 Å². The second kappa shape index (κ2) is 6.15. The van der Waals surface area contributed by atoms with E-state index in [4.69, 9.17) is 0 Å². The Bertz CT molecular complexity index is 617. The van der Waals surface area contributed by atoms with Crippen LogP contribution in [0.2, 0.25) is 0 Å². The van der Waals surface area contributed by atoms with Gasteiger partial charge < -0.3 is 5.32 Å². The summed E-state index contributed by atoms with van der Waals surface area (Å²) in [6.07, 6.45) is 0. The van der Waals surface area contributed by atoms with Crippen molar-refractivity contribution in [1.82, 2.24) is 9.62 Å². The predicted molar refractivity (Wildman–Crippen MR) is 80.1 cm³/mol. The van der Waals surface area contributed by atoms with Gasteiger partial charge in [-0.2, -0.15) is 4.31 Å². The molecule has 2 heterocycles. The molecule has 0 saturated carbocycles. The molecule has 4 nitrogen and oxygen atoms in total. The third-order valence-corrected chi connectivity index (χ3v) is 6.83. The molecule has 0 aliphatic heterocycles. The molecule has 1 N–H and O–H groups in total. The molecule has 0 bridgehead atoms. The van der Waals surface area contributed by atoms with Gasteiger partial charge in [0.2, 0.25) is 0 Å². The fourth-order valence-corrected chi connectivity index (χ4v) is 5.19. The molecule has 2 rings (SSSR count). The van der Waals surface area contributed by atoms with Crippen molar-refractivity contribution >= 4 is 32.7 Å². The van der Waals surface area contributed by atoms with Gasteiger partial charge in [-0.3, -0.25) is 0 Å². The normalized spacial score (nSPS) is 12.2. The van der Waals surface area contributed by atoms with E-state index in [1.165, 1.54) is 15.6 Å². The average Bonchev–Trinajstić information content (AvgIpc) is 3.00. The Morgan fingerprint density at radius 3 is 2.68 bits per heavy atom. The Morgan fingerprint density at radius 2 is 2.05 bits per heavy atom. The lowest BCUT2D eigenvalue weighted by atomic mass is 10.5. The van der Waals surface area contributed by atoms with Crippen molar-refractivity contribution < 1.29 is 8.42 Å². The van der Waals surface area contributed by atoms with Crippen molar-refractivity contribution in [3.8, 4) is 0 Å². The summed E-state index contributed by atoms with van der Waals surface area (Å²) in [7, 11) is 0.0798. The maximum atomic E-state index is 12.4. The molecule has 0 saturated heterocycles. The molecular formula is C12H16N2O2S3. The Balaban J connectivity index is 2.16. The van der Waals surface area contributed by atoms with Crippen LogP contribution in [0.1, 0.15) is 9.75 Å². The van der Waals surface area contributed by atoms with Gasteiger partial charge in [-0.1, -0.05) is 6.07 Å². The first-order valence-corrected chi connectivity index (χ1v) is 8.89. The molecule has 0 spiro atoms. The van der Waals surface area contributed by atoms with Crippen LogP contribution < -0.4 is 5.32 Å². The first-order valence-electron chi connectivity index (χ1n) is 5.76. The maximum absolute atomic E-state index is 12.4. The Kier molecular flexibility index (Phi) is 4.75. The first-order chi connectivity index (χ1) is 9.04. The van der Waals surface area contributed by atoms with E-state index in [9.17, 15) is 8.42 Å². The zero-order valence-electron chi connectivity index (χ0n) is 10.8. The number of hydrogen-bond donors (Lipinski definition) is 1. The van der Waals surface area contributed by atoms with Crippen LogP contribution in [0.15, 0.2) is 33.9 Å². The van der Waals surface area contributed by atoms with Gasteiger partial charge in [0, 0.05) is 29.9 Å². The standard InChI is InChI=1S/C12H16N2O2S3/c1-13-8-10-5-6-12(18-10)19(15,16)14(2)9-11-4-3-7-17-11/h3-7,13H,8-9H2,1-2H3. The van der Waals surface area contributed by atoms with Crippen LogP contribution in [-0.4, -0.2) is 26.8 Å². The molecule has 0 aliphatic rings. The van der Waals surface area contributed by atoms with E-state index >= 15 is 0 Å². The van der Waals surface area contributed by atoms with E-state index < -0.39 is 10.0 Å². The molecule has 0 aliphatic carbocycles. The molecule has 0 fully saturated rings. The van der Waals surface area contributed by atoms with Gasteiger partial charge in [0.15, 0.2) is 0 Å². The smallest absolute Gasteiger partial charge is 0.252 e. The fraction of sp³-hybridized carbons (Fsp3) is 0.333. The number of nitrogens with one attached hydrogen (secondary N) is 1. The zero-order valence-corrected chi connectivity index (χ0v) is 13.2. The number of thiophene rings is 2. The van der Waals surface area contributed by atoms with E-state index in [1.807, 2.05) is 30.6 Å². The Hall–Kier alpha value is -0.730. The van der Waals surface area contributed by atoms with Gasteiger partial charge in [0.25, 0.3) is 10.0 Å². The SMILES string of the molecule is CNCc1ccc(S(=O)(=O)N(C)Cc2cccs2)s1. The summed E-state index contributed by atoms with van der Waals surface area (Å²) < 4.78 is 26.6. The van der Waals surface area contributed by atoms with Gasteiger partial charge in [0.1, 0.15) is 4.21 Å². The molecular weight excluding hydrogens is 300 g/mol. The third-order valence-electron chi connectivity index (χ3n) is 2.61. The van der Waals surface area contributed by atoms with Crippen molar-refractivity contribution in [1.29, 1.82) is 0 Å². The summed E-state index contributed by atoms with van der Waals surface area (Å²) in [6, 6.07) is 7.40. The van der Waals surface area contributed by atoms with Gasteiger partial charge in [-0.05, 0) is 30.6 Å². The van der Waals surface area contributed by atoms with E-state index in [2.05, 4.69) is 5.32 Å². The highest BCUT2D eigenvalue weighted by Crippen LogP contribution is 2.25. The van der Waals surface area contributed by atoms with Crippen LogP contribution >= 0.6 is 22.7 Å². The first kappa shape index (κ1) is 14.7. The molecule has 2 aromatic heterocycles. The van der Waals surface area contributed by atoms with Crippen molar-refractivity contribution in [2.75, 3.05) is 14.1 Å². The minimum absolute atomic E-state index is 0.400. The van der Waals surface area contributed by atoms with Crippen molar-refractivity contribution in [3.05, 3.63) is 39.4 Å². The minimum atomic E-state index is -3.38. The molecule has 0 aromatic carbocycles. The summed E-state index contributed by atoms with van der Waals surface area (Å²) in [5.41, 5.74) is 0. The van der Waals surface area contributed by atoms with E-state index in [-0.39, 0.29) is 0 Å². The third kappa shape index (κ3) is 3.43. The minimum Gasteiger partial charge on any atom is -0.315 e. The summed E-state index contributed by atoms with van der Waals surface area (Å²) in [5, 5.41) is 4.97. The molecule has 2 aromatic rings. The molecule has 7 heteroatoms. The number of rotatable bonds is 6. The number of nitrogens with zero attached hydrogens (tertiary/aromatic N) is 1. The largest absolute Gasteiger partial charge is 0.315 e. The van der Waals surface area contributed by atoms with Crippen LogP contribution in [0.3, 0.4) is 0 Å². The average molecular weight is 316 g/mol. The molecule has 19 heavy (non-hydrogen) atoms. The highest BCUT2D eigenvalue weighted by atomic mass is 32.2. The molecule has 0 unspecified atom stereocenters. The number of hydrogen-bond acceptors (Lipinski definition) is 5. The summed E-state index contributed by atoms with van der Waals surface area (Å²) in [5.74, 6) is 0. The Labute approximate surface area is 121 Å². The second-order valence-corrected chi connectivity index (χ2v) is 8.56. The lowest BCUT2D eigenvalue weighted by molar-refractivity contribution is 0.471. The molecule has 0 amide bonds. The summed E-state index contributed by atoms with van der Waals surface area (Å²) in [6.45, 7) is 1.11. The molecule has 0 radical (unpaired) electrons. The van der Waals surface area contributed by atoms with E-state index in [0.717, 1.165) is 9.75 Å². The van der Waals surface area contributed by atoms with Crippen LogP contribution in [0.25, 0.3) is 0 Å². The van der Waals surface area contributed by atoms with Crippen molar-refractivity contribution in [2.24, 2.45) is 0 Å². The maximum Gasteiger partial charge on any atom is 0.252 e. The van der Waals surface area contributed by atoms with Crippen LogP contribution in [0.5, 0.6) is 0 Å². The van der Waals surface area contributed by atoms with Gasteiger partial charge in [-0.15, -0.1) is 22.7 Å². The van der Waals surface area contributed by atoms with Crippen LogP contribution in [-0.2, 0) is 23.1 Å². The monoisotopic (exact) mass is 316 g/mol. The highest BCUT2D eigenvalue weighted by molar-refractivity contribution is 7.91. The van der Waals surface area contributed by atoms with E-state index in [1.54, 1.807) is 24.5 Å². The van der Waals surface area contributed by atoms with Gasteiger partial charge in [0.05, 0.1) is 0 Å². The molecule has 0 atom stereocenters.